The van der Waals surface area contributed by atoms with Crippen molar-refractivity contribution < 1.29 is 4.42 Å². The number of rotatable bonds is 5. The average Bonchev–Trinajstić information content (AvgIpc) is 3.75. The van der Waals surface area contributed by atoms with Crippen LogP contribution in [0.2, 0.25) is 0 Å². The van der Waals surface area contributed by atoms with E-state index in [4.69, 9.17) is 19.4 Å². The second-order valence-corrected chi connectivity index (χ2v) is 18.1. The van der Waals surface area contributed by atoms with Gasteiger partial charge in [-0.15, -0.1) is 0 Å². The van der Waals surface area contributed by atoms with Crippen molar-refractivity contribution in [2.75, 3.05) is 0 Å². The maximum atomic E-state index is 10.2. The van der Waals surface area contributed by atoms with Gasteiger partial charge in [0.1, 0.15) is 11.2 Å². The zero-order valence-corrected chi connectivity index (χ0v) is 32.8. The SMILES string of the molecule is CC1(C)c2cccc(-c3nc(-c4ccc(C56C[C@H]7C[C@@H](C5)C[C@@H](C6)C7)cc4)nc(-c4cccc5c4oc4ccc(-c6ccccc6)cc45)n3)c2-c2cccc(C#N)c21. The molecule has 4 fully saturated rings. The smallest absolute Gasteiger partial charge is 0.167 e. The third-order valence-corrected chi connectivity index (χ3v) is 14.3. The van der Waals surface area contributed by atoms with Gasteiger partial charge in [0.05, 0.1) is 17.2 Å². The molecule has 0 atom stereocenters. The van der Waals surface area contributed by atoms with Crippen molar-refractivity contribution in [1.29, 1.82) is 5.26 Å². The molecule has 2 aromatic heterocycles. The van der Waals surface area contributed by atoms with Crippen LogP contribution in [0.3, 0.4) is 0 Å². The lowest BCUT2D eigenvalue weighted by molar-refractivity contribution is -0.00518. The maximum absolute atomic E-state index is 10.2. The van der Waals surface area contributed by atoms with Crippen molar-refractivity contribution >= 4 is 21.9 Å². The Morgan fingerprint density at radius 3 is 1.97 bits per heavy atom. The number of fused-ring (bicyclic) bond motifs is 6. The quantitative estimate of drug-likeness (QED) is 0.175. The Balaban J connectivity index is 1.04. The Morgan fingerprint density at radius 2 is 1.22 bits per heavy atom. The predicted molar refractivity (Wildman–Crippen MR) is 231 cm³/mol. The van der Waals surface area contributed by atoms with Crippen LogP contribution in [0.15, 0.2) is 132 Å². The van der Waals surface area contributed by atoms with Crippen LogP contribution >= 0.6 is 0 Å². The first-order chi connectivity index (χ1) is 28.3. The fourth-order valence-electron chi connectivity index (χ4n) is 12.2. The molecular formula is C53H42N4O. The molecule has 0 N–H and O–H groups in total. The van der Waals surface area contributed by atoms with Gasteiger partial charge >= 0.3 is 0 Å². The highest BCUT2D eigenvalue weighted by Gasteiger charge is 2.51. The maximum Gasteiger partial charge on any atom is 0.167 e. The molecule has 0 amide bonds. The topological polar surface area (TPSA) is 75.6 Å². The molecule has 6 aromatic carbocycles. The monoisotopic (exact) mass is 750 g/mol. The molecular weight excluding hydrogens is 709 g/mol. The highest BCUT2D eigenvalue weighted by molar-refractivity contribution is 6.10. The van der Waals surface area contributed by atoms with Crippen molar-refractivity contribution in [2.45, 2.75) is 63.2 Å². The first kappa shape index (κ1) is 33.7. The van der Waals surface area contributed by atoms with Gasteiger partial charge in [-0.1, -0.05) is 117 Å². The summed E-state index contributed by atoms with van der Waals surface area (Å²) in [6.07, 6.45) is 8.29. The average molecular weight is 751 g/mol. The molecule has 280 valence electrons. The second kappa shape index (κ2) is 12.3. The van der Waals surface area contributed by atoms with E-state index >= 15 is 0 Å². The minimum absolute atomic E-state index is 0.313. The van der Waals surface area contributed by atoms with Crippen molar-refractivity contribution in [3.05, 3.63) is 150 Å². The first-order valence-electron chi connectivity index (χ1n) is 20.9. The summed E-state index contributed by atoms with van der Waals surface area (Å²) in [4.78, 5) is 15.9. The summed E-state index contributed by atoms with van der Waals surface area (Å²) in [5.41, 5.74) is 13.1. The van der Waals surface area contributed by atoms with Crippen LogP contribution in [0.1, 0.15) is 74.6 Å². The number of benzene rings is 6. The molecule has 4 saturated carbocycles. The molecule has 13 rings (SSSR count). The normalized spacial score (nSPS) is 22.3. The first-order valence-corrected chi connectivity index (χ1v) is 20.9. The number of aromatic nitrogens is 3. The molecule has 0 saturated heterocycles. The fraction of sp³-hybridized carbons (Fsp3) is 0.245. The standard InChI is InChI=1S/C53H42N4O/c1-52(2)44-16-8-14-41(46(44)40-13-6-11-37(30-54)47(40)52)50-55-49(35-17-20-38(21-18-35)53-27-31-23-32(28-53)25-33(24-31)29-53)56-51(57-50)42-15-7-12-39-43-26-36(34-9-4-3-5-10-34)19-22-45(43)58-48(39)42/h3-22,26,31-33H,23-25,27-29H2,1-2H3/t31-,32+,33-,53?. The molecule has 8 aromatic rings. The van der Waals surface area contributed by atoms with E-state index in [2.05, 4.69) is 129 Å². The Morgan fingerprint density at radius 1 is 0.586 bits per heavy atom. The van der Waals surface area contributed by atoms with Crippen LogP contribution in [0, 0.1) is 29.1 Å². The molecule has 58 heavy (non-hydrogen) atoms. The lowest BCUT2D eigenvalue weighted by atomic mass is 9.48. The number of hydrogen-bond acceptors (Lipinski definition) is 5. The van der Waals surface area contributed by atoms with Crippen molar-refractivity contribution in [3.8, 4) is 62.5 Å². The highest BCUT2D eigenvalue weighted by Crippen LogP contribution is 2.61. The van der Waals surface area contributed by atoms with Gasteiger partial charge < -0.3 is 4.42 Å². The van der Waals surface area contributed by atoms with Crippen LogP contribution < -0.4 is 0 Å². The van der Waals surface area contributed by atoms with Gasteiger partial charge in [-0.3, -0.25) is 0 Å². The minimum atomic E-state index is -0.364. The van der Waals surface area contributed by atoms with Crippen LogP contribution in [-0.2, 0) is 10.8 Å². The van der Waals surface area contributed by atoms with Crippen LogP contribution in [-0.4, -0.2) is 15.0 Å². The van der Waals surface area contributed by atoms with Crippen molar-refractivity contribution in [2.24, 2.45) is 17.8 Å². The Kier molecular flexibility index (Phi) is 7.16. The molecule has 5 nitrogen and oxygen atoms in total. The van der Waals surface area contributed by atoms with Gasteiger partial charge in [-0.2, -0.15) is 5.26 Å². The summed E-state index contributed by atoms with van der Waals surface area (Å²) >= 11 is 0. The summed E-state index contributed by atoms with van der Waals surface area (Å²) in [6, 6.07) is 47.3. The summed E-state index contributed by atoms with van der Waals surface area (Å²) < 4.78 is 6.69. The van der Waals surface area contributed by atoms with Crippen molar-refractivity contribution in [3.63, 3.8) is 0 Å². The van der Waals surface area contributed by atoms with Crippen LogP contribution in [0.4, 0.5) is 0 Å². The number of furan rings is 1. The third-order valence-electron chi connectivity index (χ3n) is 14.3. The predicted octanol–water partition coefficient (Wildman–Crippen LogP) is 13.1. The van der Waals surface area contributed by atoms with Gasteiger partial charge in [0.15, 0.2) is 17.5 Å². The summed E-state index contributed by atoms with van der Waals surface area (Å²) in [7, 11) is 0. The van der Waals surface area contributed by atoms with Gasteiger partial charge in [-0.05, 0) is 125 Å². The molecule has 5 heteroatoms. The zero-order valence-electron chi connectivity index (χ0n) is 32.8. The molecule has 0 aliphatic heterocycles. The molecule has 0 radical (unpaired) electrons. The van der Waals surface area contributed by atoms with Crippen molar-refractivity contribution in [1.82, 2.24) is 15.0 Å². The third kappa shape index (κ3) is 4.97. The molecule has 2 heterocycles. The molecule has 4 bridgehead atoms. The van der Waals surface area contributed by atoms with E-state index in [0.717, 1.165) is 84.2 Å². The highest BCUT2D eigenvalue weighted by atomic mass is 16.3. The zero-order chi connectivity index (χ0) is 38.8. The van der Waals surface area contributed by atoms with Crippen LogP contribution in [0.25, 0.3) is 78.4 Å². The van der Waals surface area contributed by atoms with E-state index in [0.29, 0.717) is 28.5 Å². The van der Waals surface area contributed by atoms with E-state index < -0.39 is 0 Å². The Hall–Kier alpha value is -6.38. The molecule has 5 aliphatic carbocycles. The minimum Gasteiger partial charge on any atom is -0.455 e. The largest absolute Gasteiger partial charge is 0.455 e. The molecule has 0 unspecified atom stereocenters. The van der Waals surface area contributed by atoms with Gasteiger partial charge in [-0.25, -0.2) is 15.0 Å². The van der Waals surface area contributed by atoms with Crippen LogP contribution in [0.5, 0.6) is 0 Å². The summed E-state index contributed by atoms with van der Waals surface area (Å²) in [5.74, 6) is 4.47. The molecule has 5 aliphatic rings. The van der Waals surface area contributed by atoms with Gasteiger partial charge in [0, 0.05) is 27.3 Å². The number of para-hydroxylation sites is 1. The number of nitrogens with zero attached hydrogens (tertiary/aromatic N) is 4. The lowest BCUT2D eigenvalue weighted by Gasteiger charge is -2.57. The molecule has 0 spiro atoms. The summed E-state index contributed by atoms with van der Waals surface area (Å²) in [6.45, 7) is 4.42. The fourth-order valence-corrected chi connectivity index (χ4v) is 12.2. The number of nitriles is 1. The van der Waals surface area contributed by atoms with E-state index in [9.17, 15) is 5.26 Å². The van der Waals surface area contributed by atoms with E-state index in [-0.39, 0.29) is 5.41 Å². The van der Waals surface area contributed by atoms with Gasteiger partial charge in [0.25, 0.3) is 0 Å². The Labute approximate surface area is 338 Å². The van der Waals surface area contributed by atoms with E-state index in [1.165, 1.54) is 49.7 Å². The Bertz CT molecular complexity index is 2990. The van der Waals surface area contributed by atoms with E-state index in [1.54, 1.807) is 0 Å². The number of hydrogen-bond donors (Lipinski definition) is 0. The van der Waals surface area contributed by atoms with Gasteiger partial charge in [0.2, 0.25) is 0 Å². The second-order valence-electron chi connectivity index (χ2n) is 18.1. The summed E-state index contributed by atoms with van der Waals surface area (Å²) in [5, 5.41) is 12.3. The van der Waals surface area contributed by atoms with E-state index in [1.807, 2.05) is 18.2 Å². The lowest BCUT2D eigenvalue weighted by Crippen LogP contribution is -2.48.